The highest BCUT2D eigenvalue weighted by Gasteiger charge is 2.36. The van der Waals surface area contributed by atoms with Gasteiger partial charge in [0.1, 0.15) is 11.7 Å². The second kappa shape index (κ2) is 11.9. The van der Waals surface area contributed by atoms with Gasteiger partial charge in [-0.1, -0.05) is 38.1 Å². The van der Waals surface area contributed by atoms with Crippen molar-refractivity contribution in [3.05, 3.63) is 101 Å². The molecule has 0 aliphatic heterocycles. The lowest BCUT2D eigenvalue weighted by atomic mass is 9.90. The van der Waals surface area contributed by atoms with Crippen molar-refractivity contribution in [1.82, 2.24) is 34.8 Å². The lowest BCUT2D eigenvalue weighted by Gasteiger charge is -2.25. The van der Waals surface area contributed by atoms with E-state index >= 15 is 0 Å². The Labute approximate surface area is 256 Å². The molecule has 10 heteroatoms. The van der Waals surface area contributed by atoms with Gasteiger partial charge < -0.3 is 10.6 Å². The van der Waals surface area contributed by atoms with E-state index in [0.29, 0.717) is 11.4 Å². The van der Waals surface area contributed by atoms with Crippen LogP contribution in [0.2, 0.25) is 0 Å². The number of hydrogen-bond donors (Lipinski definition) is 2. The Morgan fingerprint density at radius 3 is 2.39 bits per heavy atom. The highest BCUT2D eigenvalue weighted by atomic mass is 16.2. The fourth-order valence-corrected chi connectivity index (χ4v) is 5.99. The Morgan fingerprint density at radius 2 is 1.70 bits per heavy atom. The van der Waals surface area contributed by atoms with E-state index in [1.54, 1.807) is 31.7 Å². The SMILES string of the molecule is Cc1cnn(C)c1-c1ccc(NC(=O)[C@@H](NC(=O)c2ccnn2C)[C@@H]2CCc3ccc(-c4cncc(C(C)C)n4)cc32)cc1. The molecular weight excluding hydrogens is 552 g/mol. The van der Waals surface area contributed by atoms with Crippen LogP contribution in [0.3, 0.4) is 0 Å². The van der Waals surface area contributed by atoms with Crippen LogP contribution in [0.5, 0.6) is 0 Å². The number of nitrogens with zero attached hydrogens (tertiary/aromatic N) is 6. The van der Waals surface area contributed by atoms with Gasteiger partial charge in [0.05, 0.1) is 29.5 Å². The summed E-state index contributed by atoms with van der Waals surface area (Å²) in [5.74, 6) is -0.621. The summed E-state index contributed by atoms with van der Waals surface area (Å²) in [7, 11) is 3.62. The maximum Gasteiger partial charge on any atom is 0.270 e. The molecule has 0 radical (unpaired) electrons. The Hall–Kier alpha value is -5.12. The zero-order valence-corrected chi connectivity index (χ0v) is 25.6. The first-order valence-electron chi connectivity index (χ1n) is 14.8. The quantitative estimate of drug-likeness (QED) is 0.258. The summed E-state index contributed by atoms with van der Waals surface area (Å²) in [4.78, 5) is 36.7. The topological polar surface area (TPSA) is 120 Å². The van der Waals surface area contributed by atoms with Crippen molar-refractivity contribution in [3.8, 4) is 22.5 Å². The van der Waals surface area contributed by atoms with Crippen LogP contribution in [-0.4, -0.2) is 47.4 Å². The fourth-order valence-electron chi connectivity index (χ4n) is 5.99. The Morgan fingerprint density at radius 1 is 0.932 bits per heavy atom. The van der Waals surface area contributed by atoms with E-state index in [4.69, 9.17) is 4.98 Å². The van der Waals surface area contributed by atoms with Crippen LogP contribution in [0.4, 0.5) is 5.69 Å². The molecule has 1 aliphatic rings. The Kier molecular flexibility index (Phi) is 7.82. The lowest BCUT2D eigenvalue weighted by Crippen LogP contribution is -2.47. The molecule has 0 saturated carbocycles. The average molecular weight is 589 g/mol. The molecule has 0 spiro atoms. The molecule has 10 nitrogen and oxygen atoms in total. The van der Waals surface area contributed by atoms with Crippen molar-refractivity contribution in [2.45, 2.75) is 51.5 Å². The zero-order valence-electron chi connectivity index (χ0n) is 25.6. The van der Waals surface area contributed by atoms with Crippen LogP contribution in [0.25, 0.3) is 22.5 Å². The molecule has 0 unspecified atom stereocenters. The van der Waals surface area contributed by atoms with E-state index in [1.165, 1.54) is 4.68 Å². The van der Waals surface area contributed by atoms with Gasteiger partial charge in [0.2, 0.25) is 5.91 Å². The largest absolute Gasteiger partial charge is 0.338 e. The van der Waals surface area contributed by atoms with Crippen LogP contribution in [0.15, 0.2) is 73.3 Å². The first kappa shape index (κ1) is 29.0. The summed E-state index contributed by atoms with van der Waals surface area (Å²) in [6.07, 6.45) is 8.49. The highest BCUT2D eigenvalue weighted by Crippen LogP contribution is 2.38. The third-order valence-electron chi connectivity index (χ3n) is 8.38. The van der Waals surface area contributed by atoms with E-state index in [0.717, 1.165) is 57.7 Å². The van der Waals surface area contributed by atoms with Crippen LogP contribution < -0.4 is 10.6 Å². The number of benzene rings is 2. The minimum atomic E-state index is -0.819. The maximum absolute atomic E-state index is 14.0. The minimum absolute atomic E-state index is 0.236. The Bertz CT molecular complexity index is 1820. The second-order valence-corrected chi connectivity index (χ2v) is 11.7. The molecule has 0 bridgehead atoms. The number of carbonyl (C=O) groups is 2. The molecule has 3 heterocycles. The molecule has 224 valence electrons. The molecule has 2 atom stereocenters. The number of amides is 2. The smallest absolute Gasteiger partial charge is 0.270 e. The lowest BCUT2D eigenvalue weighted by molar-refractivity contribution is -0.118. The number of rotatable bonds is 8. The molecule has 44 heavy (non-hydrogen) atoms. The van der Waals surface area contributed by atoms with E-state index in [2.05, 4.69) is 57.9 Å². The van der Waals surface area contributed by atoms with Gasteiger partial charge in [-0.15, -0.1) is 0 Å². The third kappa shape index (κ3) is 5.62. The molecule has 2 N–H and O–H groups in total. The van der Waals surface area contributed by atoms with Gasteiger partial charge in [-0.25, -0.2) is 4.98 Å². The van der Waals surface area contributed by atoms with Gasteiger partial charge in [0.15, 0.2) is 0 Å². The number of aryl methyl sites for hydroxylation is 4. The molecule has 2 amide bonds. The first-order chi connectivity index (χ1) is 21.2. The zero-order chi connectivity index (χ0) is 31.0. The molecule has 3 aromatic heterocycles. The number of anilines is 1. The highest BCUT2D eigenvalue weighted by molar-refractivity contribution is 6.01. The Balaban J connectivity index is 1.31. The van der Waals surface area contributed by atoms with Gasteiger partial charge >= 0.3 is 0 Å². The second-order valence-electron chi connectivity index (χ2n) is 11.7. The molecular formula is C34H36N8O2. The van der Waals surface area contributed by atoms with Crippen molar-refractivity contribution < 1.29 is 9.59 Å². The summed E-state index contributed by atoms with van der Waals surface area (Å²) < 4.78 is 3.34. The third-order valence-corrected chi connectivity index (χ3v) is 8.38. The van der Waals surface area contributed by atoms with Crippen LogP contribution in [0, 0.1) is 6.92 Å². The van der Waals surface area contributed by atoms with Crippen molar-refractivity contribution in [2.24, 2.45) is 14.1 Å². The summed E-state index contributed by atoms with van der Waals surface area (Å²) in [5, 5.41) is 14.6. The summed E-state index contributed by atoms with van der Waals surface area (Å²) in [6, 6.07) is 14.8. The minimum Gasteiger partial charge on any atom is -0.338 e. The van der Waals surface area contributed by atoms with Crippen molar-refractivity contribution in [2.75, 3.05) is 5.32 Å². The molecule has 5 aromatic rings. The van der Waals surface area contributed by atoms with Gasteiger partial charge in [-0.05, 0) is 66.6 Å². The molecule has 1 aliphatic carbocycles. The van der Waals surface area contributed by atoms with Crippen molar-refractivity contribution >= 4 is 17.5 Å². The monoisotopic (exact) mass is 588 g/mol. The van der Waals surface area contributed by atoms with Crippen LogP contribution in [-0.2, 0) is 25.3 Å². The normalized spacial score (nSPS) is 14.8. The maximum atomic E-state index is 14.0. The van der Waals surface area contributed by atoms with E-state index in [1.807, 2.05) is 49.1 Å². The van der Waals surface area contributed by atoms with Gasteiger partial charge in [-0.2, -0.15) is 10.2 Å². The van der Waals surface area contributed by atoms with Crippen LogP contribution >= 0.6 is 0 Å². The predicted molar refractivity (Wildman–Crippen MR) is 169 cm³/mol. The predicted octanol–water partition coefficient (Wildman–Crippen LogP) is 5.18. The van der Waals surface area contributed by atoms with Gasteiger partial charge in [0.25, 0.3) is 5.91 Å². The fraction of sp³-hybridized carbons (Fsp3) is 0.294. The first-order valence-corrected chi connectivity index (χ1v) is 14.8. The number of aromatic nitrogens is 6. The van der Waals surface area contributed by atoms with Crippen LogP contribution in [0.1, 0.15) is 65.0 Å². The number of hydrogen-bond acceptors (Lipinski definition) is 6. The van der Waals surface area contributed by atoms with Gasteiger partial charge in [0, 0.05) is 49.2 Å². The number of fused-ring (bicyclic) bond motifs is 1. The molecule has 0 saturated heterocycles. The van der Waals surface area contributed by atoms with E-state index in [9.17, 15) is 9.59 Å². The average Bonchev–Trinajstić information content (AvgIpc) is 3.74. The van der Waals surface area contributed by atoms with Gasteiger partial charge in [-0.3, -0.25) is 23.9 Å². The molecule has 0 fully saturated rings. The number of carbonyl (C=O) groups excluding carboxylic acids is 2. The number of nitrogens with one attached hydrogen (secondary N) is 2. The molecule has 2 aromatic carbocycles. The van der Waals surface area contributed by atoms with E-state index in [-0.39, 0.29) is 23.7 Å². The standard InChI is InChI=1S/C34H36N8O2/c1-20(2)28-18-35-19-29(39-28)24-7-6-22-10-13-26(27(22)16-24)31(40-33(43)30-14-15-36-41(30)4)34(44)38-25-11-8-23(9-12-25)32-21(3)17-37-42(32)5/h6-9,11-12,14-20,26,31H,10,13H2,1-5H3,(H,38,44)(H,40,43)/t26-,31+/m1/s1. The summed E-state index contributed by atoms with van der Waals surface area (Å²) in [5.41, 5.74) is 8.96. The van der Waals surface area contributed by atoms with Crippen molar-refractivity contribution in [3.63, 3.8) is 0 Å². The molecule has 6 rings (SSSR count). The van der Waals surface area contributed by atoms with Crippen molar-refractivity contribution in [1.29, 1.82) is 0 Å². The van der Waals surface area contributed by atoms with E-state index < -0.39 is 6.04 Å². The summed E-state index contributed by atoms with van der Waals surface area (Å²) in [6.45, 7) is 6.20. The summed E-state index contributed by atoms with van der Waals surface area (Å²) >= 11 is 0.